The number of nitrogens with zero attached hydrogens (tertiary/aromatic N) is 1. The molecule has 0 radical (unpaired) electrons. The second-order valence-corrected chi connectivity index (χ2v) is 8.07. The number of rotatable bonds is 4. The third-order valence-electron chi connectivity index (χ3n) is 6.55. The monoisotopic (exact) mass is 247 g/mol. The molecule has 0 unspecified atom stereocenters. The summed E-state index contributed by atoms with van der Waals surface area (Å²) >= 11 is 0. The molecule has 5 fully saturated rings. The van der Waals surface area contributed by atoms with E-state index in [1.807, 2.05) is 0 Å². The van der Waals surface area contributed by atoms with Gasteiger partial charge in [-0.2, -0.15) is 0 Å². The van der Waals surface area contributed by atoms with E-state index in [0.29, 0.717) is 0 Å². The highest BCUT2D eigenvalue weighted by molar-refractivity contribution is 5.01. The summed E-state index contributed by atoms with van der Waals surface area (Å²) in [7, 11) is 0. The SMILES string of the molecule is C1CCN(CCCC23CC4CC(CC(C4)C2)C3)C1. The van der Waals surface area contributed by atoms with Gasteiger partial charge in [-0.05, 0) is 107 Å². The summed E-state index contributed by atoms with van der Waals surface area (Å²) in [5.41, 5.74) is 0.828. The zero-order valence-electron chi connectivity index (χ0n) is 11.9. The molecule has 4 bridgehead atoms. The van der Waals surface area contributed by atoms with Crippen LogP contribution in [0.15, 0.2) is 0 Å². The molecule has 102 valence electrons. The van der Waals surface area contributed by atoms with Crippen LogP contribution in [-0.2, 0) is 0 Å². The van der Waals surface area contributed by atoms with Crippen LogP contribution >= 0.6 is 0 Å². The smallest absolute Gasteiger partial charge is 0.00183 e. The molecule has 0 spiro atoms. The van der Waals surface area contributed by atoms with Crippen LogP contribution in [0, 0.1) is 23.2 Å². The Hall–Kier alpha value is -0.0400. The summed E-state index contributed by atoms with van der Waals surface area (Å²) in [6.45, 7) is 4.18. The van der Waals surface area contributed by atoms with Gasteiger partial charge in [0.05, 0.1) is 0 Å². The van der Waals surface area contributed by atoms with E-state index in [1.54, 1.807) is 44.9 Å². The van der Waals surface area contributed by atoms with Gasteiger partial charge in [0.25, 0.3) is 0 Å². The van der Waals surface area contributed by atoms with Crippen LogP contribution in [0.3, 0.4) is 0 Å². The van der Waals surface area contributed by atoms with Crippen molar-refractivity contribution in [1.82, 2.24) is 4.90 Å². The van der Waals surface area contributed by atoms with Crippen LogP contribution in [0.2, 0.25) is 0 Å². The Morgan fingerprint density at radius 2 is 1.39 bits per heavy atom. The van der Waals surface area contributed by atoms with Crippen LogP contribution in [-0.4, -0.2) is 24.5 Å². The van der Waals surface area contributed by atoms with E-state index in [4.69, 9.17) is 0 Å². The van der Waals surface area contributed by atoms with Crippen LogP contribution in [0.4, 0.5) is 0 Å². The van der Waals surface area contributed by atoms with E-state index in [2.05, 4.69) is 4.90 Å². The first-order valence-corrected chi connectivity index (χ1v) is 8.54. The van der Waals surface area contributed by atoms with Crippen molar-refractivity contribution in [2.75, 3.05) is 19.6 Å². The van der Waals surface area contributed by atoms with Crippen molar-refractivity contribution in [2.45, 2.75) is 64.2 Å². The minimum absolute atomic E-state index is 0.828. The lowest BCUT2D eigenvalue weighted by atomic mass is 9.48. The van der Waals surface area contributed by atoms with Crippen LogP contribution < -0.4 is 0 Å². The zero-order valence-corrected chi connectivity index (χ0v) is 11.9. The van der Waals surface area contributed by atoms with Crippen molar-refractivity contribution in [3.63, 3.8) is 0 Å². The van der Waals surface area contributed by atoms with Crippen molar-refractivity contribution in [2.24, 2.45) is 23.2 Å². The summed E-state index contributed by atoms with van der Waals surface area (Å²) < 4.78 is 0. The lowest BCUT2D eigenvalue weighted by molar-refractivity contribution is -0.0588. The Morgan fingerprint density at radius 3 is 1.94 bits per heavy atom. The first-order valence-electron chi connectivity index (χ1n) is 8.54. The van der Waals surface area contributed by atoms with Crippen molar-refractivity contribution in [3.05, 3.63) is 0 Å². The van der Waals surface area contributed by atoms with Gasteiger partial charge in [-0.25, -0.2) is 0 Å². The Morgan fingerprint density at radius 1 is 0.833 bits per heavy atom. The van der Waals surface area contributed by atoms with Crippen LogP contribution in [0.1, 0.15) is 64.2 Å². The van der Waals surface area contributed by atoms with E-state index in [0.717, 1.165) is 23.2 Å². The molecule has 1 aliphatic heterocycles. The summed E-state index contributed by atoms with van der Waals surface area (Å²) in [6.07, 6.45) is 15.6. The molecule has 4 aliphatic carbocycles. The first-order chi connectivity index (χ1) is 8.81. The molecule has 4 saturated carbocycles. The van der Waals surface area contributed by atoms with Crippen LogP contribution in [0.5, 0.6) is 0 Å². The molecule has 1 saturated heterocycles. The fraction of sp³-hybridized carbons (Fsp3) is 1.00. The molecule has 0 aromatic carbocycles. The number of hydrogen-bond acceptors (Lipinski definition) is 1. The average molecular weight is 247 g/mol. The fourth-order valence-electron chi connectivity index (χ4n) is 6.28. The van der Waals surface area contributed by atoms with Crippen LogP contribution in [0.25, 0.3) is 0 Å². The molecule has 18 heavy (non-hydrogen) atoms. The highest BCUT2D eigenvalue weighted by Gasteiger charge is 2.50. The third kappa shape index (κ3) is 2.13. The van der Waals surface area contributed by atoms with Crippen molar-refractivity contribution in [1.29, 1.82) is 0 Å². The zero-order chi connectivity index (χ0) is 12.0. The van der Waals surface area contributed by atoms with Gasteiger partial charge >= 0.3 is 0 Å². The lowest BCUT2D eigenvalue weighted by Gasteiger charge is -2.57. The van der Waals surface area contributed by atoms with Gasteiger partial charge in [0.15, 0.2) is 0 Å². The predicted molar refractivity (Wildman–Crippen MR) is 75.5 cm³/mol. The predicted octanol–water partition coefficient (Wildman–Crippen LogP) is 4.08. The molecule has 1 heterocycles. The molecule has 0 atom stereocenters. The maximum atomic E-state index is 2.71. The highest BCUT2D eigenvalue weighted by atomic mass is 15.1. The van der Waals surface area contributed by atoms with Crippen molar-refractivity contribution in [3.8, 4) is 0 Å². The second kappa shape index (κ2) is 4.51. The van der Waals surface area contributed by atoms with Gasteiger partial charge in [-0.1, -0.05) is 0 Å². The first kappa shape index (κ1) is 11.8. The molecule has 0 N–H and O–H groups in total. The Bertz CT molecular complexity index is 267. The number of likely N-dealkylation sites (tertiary alicyclic amines) is 1. The lowest BCUT2D eigenvalue weighted by Crippen LogP contribution is -2.46. The van der Waals surface area contributed by atoms with Gasteiger partial charge in [0.1, 0.15) is 0 Å². The molecular formula is C17H29N. The molecule has 1 nitrogen and oxygen atoms in total. The minimum Gasteiger partial charge on any atom is -0.303 e. The summed E-state index contributed by atoms with van der Waals surface area (Å²) in [5, 5.41) is 0. The van der Waals surface area contributed by atoms with E-state index >= 15 is 0 Å². The van der Waals surface area contributed by atoms with E-state index in [9.17, 15) is 0 Å². The van der Waals surface area contributed by atoms with E-state index in [1.165, 1.54) is 38.9 Å². The quantitative estimate of drug-likeness (QED) is 0.723. The standard InChI is InChI=1S/C17H29N/c1-2-6-18(5-1)7-3-4-17-11-14-8-15(12-17)10-16(9-14)13-17/h14-16H,1-13H2. The van der Waals surface area contributed by atoms with Gasteiger partial charge in [-0.15, -0.1) is 0 Å². The Labute approximate surface area is 112 Å². The topological polar surface area (TPSA) is 3.24 Å². The molecule has 1 heteroatoms. The van der Waals surface area contributed by atoms with Gasteiger partial charge in [-0.3, -0.25) is 0 Å². The molecule has 5 rings (SSSR count). The van der Waals surface area contributed by atoms with Gasteiger partial charge < -0.3 is 4.90 Å². The second-order valence-electron chi connectivity index (χ2n) is 8.07. The summed E-state index contributed by atoms with van der Waals surface area (Å²) in [5.74, 6) is 3.43. The molecule has 0 aromatic rings. The van der Waals surface area contributed by atoms with Gasteiger partial charge in [0, 0.05) is 0 Å². The number of hydrogen-bond donors (Lipinski definition) is 0. The molecular weight excluding hydrogens is 218 g/mol. The van der Waals surface area contributed by atoms with Crippen molar-refractivity contribution >= 4 is 0 Å². The minimum atomic E-state index is 0.828. The largest absolute Gasteiger partial charge is 0.303 e. The van der Waals surface area contributed by atoms with Crippen molar-refractivity contribution < 1.29 is 0 Å². The average Bonchev–Trinajstić information content (AvgIpc) is 2.79. The normalized spacial score (nSPS) is 47.0. The maximum absolute atomic E-state index is 2.71. The maximum Gasteiger partial charge on any atom is -0.00183 e. The molecule has 0 aromatic heterocycles. The van der Waals surface area contributed by atoms with E-state index in [-0.39, 0.29) is 0 Å². The summed E-state index contributed by atoms with van der Waals surface area (Å²) in [6, 6.07) is 0. The highest BCUT2D eigenvalue weighted by Crippen LogP contribution is 2.61. The third-order valence-corrected chi connectivity index (χ3v) is 6.55. The summed E-state index contributed by atoms with van der Waals surface area (Å²) in [4.78, 5) is 2.71. The Balaban J connectivity index is 1.33. The van der Waals surface area contributed by atoms with E-state index < -0.39 is 0 Å². The molecule has 0 amide bonds. The van der Waals surface area contributed by atoms with Gasteiger partial charge in [0.2, 0.25) is 0 Å². The molecule has 5 aliphatic rings. The fourth-order valence-corrected chi connectivity index (χ4v) is 6.28. The Kier molecular flexibility index (Phi) is 2.94.